The van der Waals surface area contributed by atoms with E-state index in [0.29, 0.717) is 6.04 Å². The summed E-state index contributed by atoms with van der Waals surface area (Å²) in [5, 5.41) is 19.2. The molecule has 94 valence electrons. The van der Waals surface area contributed by atoms with E-state index in [1.165, 1.54) is 0 Å². The highest BCUT2D eigenvalue weighted by Gasteiger charge is 2.27. The van der Waals surface area contributed by atoms with Crippen molar-refractivity contribution in [1.82, 2.24) is 15.5 Å². The summed E-state index contributed by atoms with van der Waals surface area (Å²) < 4.78 is 0. The van der Waals surface area contributed by atoms with Gasteiger partial charge in [-0.15, -0.1) is 0 Å². The number of hydrogen-bond donors (Lipinski definition) is 3. The molecule has 17 heavy (non-hydrogen) atoms. The molecule has 1 aromatic rings. The molecular weight excluding hydrogens is 218 g/mol. The van der Waals surface area contributed by atoms with Crippen molar-refractivity contribution in [2.75, 3.05) is 0 Å². The Balaban J connectivity index is 1.88. The molecule has 5 heteroatoms. The summed E-state index contributed by atoms with van der Waals surface area (Å²) >= 11 is 0. The number of H-pyrrole nitrogens is 1. The molecule has 3 N–H and O–H groups in total. The maximum Gasteiger partial charge on any atom is 0.306 e. The molecule has 1 fully saturated rings. The molecule has 3 atom stereocenters. The molecule has 0 amide bonds. The molecule has 1 aliphatic carbocycles. The molecule has 0 aliphatic heterocycles. The number of aliphatic carboxylic acids is 1. The van der Waals surface area contributed by atoms with E-state index in [1.807, 2.05) is 6.20 Å². The molecule has 1 aromatic heterocycles. The van der Waals surface area contributed by atoms with Crippen LogP contribution in [0.3, 0.4) is 0 Å². The summed E-state index contributed by atoms with van der Waals surface area (Å²) in [7, 11) is 0. The Morgan fingerprint density at radius 1 is 1.65 bits per heavy atom. The molecule has 0 saturated heterocycles. The van der Waals surface area contributed by atoms with Gasteiger partial charge in [0.25, 0.3) is 0 Å². The van der Waals surface area contributed by atoms with Gasteiger partial charge in [-0.1, -0.05) is 6.42 Å². The second-order valence-corrected chi connectivity index (χ2v) is 4.82. The molecular formula is C12H19N3O2. The highest BCUT2D eigenvalue weighted by molar-refractivity contribution is 5.70. The Hall–Kier alpha value is -1.36. The van der Waals surface area contributed by atoms with Crippen molar-refractivity contribution in [3.05, 3.63) is 18.0 Å². The number of rotatable bonds is 4. The lowest BCUT2D eigenvalue weighted by Crippen LogP contribution is -2.37. The first-order chi connectivity index (χ1) is 8.16. The van der Waals surface area contributed by atoms with Crippen LogP contribution in [0.4, 0.5) is 0 Å². The highest BCUT2D eigenvalue weighted by Crippen LogP contribution is 2.26. The van der Waals surface area contributed by atoms with Gasteiger partial charge in [-0.05, 0) is 26.2 Å². The third-order valence-corrected chi connectivity index (χ3v) is 3.53. The monoisotopic (exact) mass is 237 g/mol. The van der Waals surface area contributed by atoms with Gasteiger partial charge in [0.1, 0.15) is 0 Å². The van der Waals surface area contributed by atoms with Gasteiger partial charge < -0.3 is 10.4 Å². The van der Waals surface area contributed by atoms with Crippen molar-refractivity contribution in [3.63, 3.8) is 0 Å². The number of nitrogens with one attached hydrogen (secondary N) is 2. The molecule has 1 aliphatic rings. The first-order valence-corrected chi connectivity index (χ1v) is 6.14. The number of carboxylic acid groups (broad SMARTS) is 1. The molecule has 0 spiro atoms. The maximum atomic E-state index is 11.0. The van der Waals surface area contributed by atoms with Crippen molar-refractivity contribution in [2.24, 2.45) is 5.92 Å². The van der Waals surface area contributed by atoms with Crippen LogP contribution in [0.2, 0.25) is 0 Å². The summed E-state index contributed by atoms with van der Waals surface area (Å²) in [4.78, 5) is 11.0. The molecule has 1 saturated carbocycles. The molecule has 2 rings (SSSR count). The summed E-state index contributed by atoms with van der Waals surface area (Å²) in [6.07, 6.45) is 7.27. The normalized spacial score (nSPS) is 26.6. The van der Waals surface area contributed by atoms with Gasteiger partial charge in [0, 0.05) is 23.8 Å². The third kappa shape index (κ3) is 3.06. The first kappa shape index (κ1) is 12.1. The van der Waals surface area contributed by atoms with E-state index in [4.69, 9.17) is 5.11 Å². The zero-order valence-corrected chi connectivity index (χ0v) is 10.0. The van der Waals surface area contributed by atoms with Gasteiger partial charge in [0.05, 0.1) is 12.1 Å². The lowest BCUT2D eigenvalue weighted by Gasteiger charge is -2.29. The van der Waals surface area contributed by atoms with Crippen LogP contribution >= 0.6 is 0 Å². The topological polar surface area (TPSA) is 78.0 Å². The summed E-state index contributed by atoms with van der Waals surface area (Å²) in [6, 6.07) is 0.515. The van der Waals surface area contributed by atoms with Crippen LogP contribution in [-0.4, -0.2) is 27.3 Å². The lowest BCUT2D eigenvalue weighted by molar-refractivity contribution is -0.143. The molecule has 0 radical (unpaired) electrons. The Bertz CT molecular complexity index is 364. The SMILES string of the molecule is CC(NC1CCCC(C(=O)O)C1)c1cn[nH]c1. The highest BCUT2D eigenvalue weighted by atomic mass is 16.4. The Kier molecular flexibility index (Phi) is 3.78. The fourth-order valence-electron chi connectivity index (χ4n) is 2.51. The fraction of sp³-hybridized carbons (Fsp3) is 0.667. The summed E-state index contributed by atoms with van der Waals surface area (Å²) in [5.74, 6) is -0.842. The van der Waals surface area contributed by atoms with E-state index in [2.05, 4.69) is 22.4 Å². The largest absolute Gasteiger partial charge is 0.481 e. The number of carboxylic acids is 1. The van der Waals surface area contributed by atoms with Crippen LogP contribution in [-0.2, 0) is 4.79 Å². The minimum Gasteiger partial charge on any atom is -0.481 e. The van der Waals surface area contributed by atoms with Crippen molar-refractivity contribution in [2.45, 2.75) is 44.7 Å². The molecule has 1 heterocycles. The van der Waals surface area contributed by atoms with Crippen LogP contribution < -0.4 is 5.32 Å². The lowest BCUT2D eigenvalue weighted by atomic mass is 9.85. The quantitative estimate of drug-likeness (QED) is 0.745. The molecule has 0 bridgehead atoms. The van der Waals surface area contributed by atoms with Crippen molar-refractivity contribution < 1.29 is 9.90 Å². The van der Waals surface area contributed by atoms with E-state index in [9.17, 15) is 4.79 Å². The Morgan fingerprint density at radius 2 is 2.47 bits per heavy atom. The average Bonchev–Trinajstić information content (AvgIpc) is 2.82. The standard InChI is InChI=1S/C12H19N3O2/c1-8(10-6-13-14-7-10)15-11-4-2-3-9(5-11)12(16)17/h6-9,11,15H,2-5H2,1H3,(H,13,14)(H,16,17). The van der Waals surface area contributed by atoms with Crippen molar-refractivity contribution in [3.8, 4) is 0 Å². The van der Waals surface area contributed by atoms with E-state index in [-0.39, 0.29) is 12.0 Å². The summed E-state index contributed by atoms with van der Waals surface area (Å²) in [6.45, 7) is 2.08. The Labute approximate surface area is 101 Å². The van der Waals surface area contributed by atoms with Crippen molar-refractivity contribution >= 4 is 5.97 Å². The number of carbonyl (C=O) groups is 1. The smallest absolute Gasteiger partial charge is 0.306 e. The number of aromatic nitrogens is 2. The van der Waals surface area contributed by atoms with Crippen LogP contribution in [0.25, 0.3) is 0 Å². The minimum absolute atomic E-state index is 0.183. The van der Waals surface area contributed by atoms with Gasteiger partial charge in [-0.3, -0.25) is 9.89 Å². The second-order valence-electron chi connectivity index (χ2n) is 4.82. The van der Waals surface area contributed by atoms with E-state index >= 15 is 0 Å². The van der Waals surface area contributed by atoms with E-state index in [1.54, 1.807) is 6.20 Å². The number of hydrogen-bond acceptors (Lipinski definition) is 3. The maximum absolute atomic E-state index is 11.0. The predicted octanol–water partition coefficient (Wildman–Crippen LogP) is 1.70. The van der Waals surface area contributed by atoms with E-state index < -0.39 is 5.97 Å². The minimum atomic E-state index is -0.660. The molecule has 0 aromatic carbocycles. The van der Waals surface area contributed by atoms with Gasteiger partial charge in [0.2, 0.25) is 0 Å². The van der Waals surface area contributed by atoms with Gasteiger partial charge in [0.15, 0.2) is 0 Å². The summed E-state index contributed by atoms with van der Waals surface area (Å²) in [5.41, 5.74) is 1.11. The Morgan fingerprint density at radius 3 is 3.12 bits per heavy atom. The van der Waals surface area contributed by atoms with Crippen LogP contribution in [0.15, 0.2) is 12.4 Å². The van der Waals surface area contributed by atoms with Crippen molar-refractivity contribution in [1.29, 1.82) is 0 Å². The fourth-order valence-corrected chi connectivity index (χ4v) is 2.51. The van der Waals surface area contributed by atoms with Crippen LogP contribution in [0.5, 0.6) is 0 Å². The van der Waals surface area contributed by atoms with E-state index in [0.717, 1.165) is 31.2 Å². The zero-order chi connectivity index (χ0) is 12.3. The number of nitrogens with zero attached hydrogens (tertiary/aromatic N) is 1. The molecule has 5 nitrogen and oxygen atoms in total. The zero-order valence-electron chi connectivity index (χ0n) is 10.0. The number of aromatic amines is 1. The van der Waals surface area contributed by atoms with Gasteiger partial charge >= 0.3 is 5.97 Å². The van der Waals surface area contributed by atoms with Gasteiger partial charge in [-0.25, -0.2) is 0 Å². The second kappa shape index (κ2) is 5.31. The predicted molar refractivity (Wildman–Crippen MR) is 63.5 cm³/mol. The van der Waals surface area contributed by atoms with Crippen LogP contribution in [0.1, 0.15) is 44.2 Å². The van der Waals surface area contributed by atoms with Crippen LogP contribution in [0, 0.1) is 5.92 Å². The van der Waals surface area contributed by atoms with Gasteiger partial charge in [-0.2, -0.15) is 5.10 Å². The third-order valence-electron chi connectivity index (χ3n) is 3.53. The molecule has 3 unspecified atom stereocenters. The first-order valence-electron chi connectivity index (χ1n) is 6.14. The average molecular weight is 237 g/mol.